The minimum absolute atomic E-state index is 0.0292. The van der Waals surface area contributed by atoms with Crippen LogP contribution in [0.1, 0.15) is 22.8 Å². The summed E-state index contributed by atoms with van der Waals surface area (Å²) in [5.41, 5.74) is 1.97. The summed E-state index contributed by atoms with van der Waals surface area (Å²) in [4.78, 5) is 26.3. The van der Waals surface area contributed by atoms with E-state index in [0.29, 0.717) is 32.0 Å². The number of carbonyl (C=O) groups is 2. The summed E-state index contributed by atoms with van der Waals surface area (Å²) < 4.78 is 11.0. The standard InChI is InChI=1S/C20H17NO4S2/c1-12(22)13-4-7-15(8-5-13)21-19(23)18(27-20(21)26)10-14-6-9-16(24-2)11-17(14)25-3/h4-11H,1-3H3. The van der Waals surface area contributed by atoms with Crippen molar-refractivity contribution in [2.24, 2.45) is 0 Å². The normalized spacial score (nSPS) is 15.4. The maximum atomic E-state index is 12.9. The minimum atomic E-state index is -0.210. The third-order valence-electron chi connectivity index (χ3n) is 4.05. The first kappa shape index (κ1) is 19.1. The largest absolute Gasteiger partial charge is 0.497 e. The molecule has 1 aliphatic heterocycles. The molecular weight excluding hydrogens is 382 g/mol. The Hall–Kier alpha value is -2.64. The quantitative estimate of drug-likeness (QED) is 0.424. The van der Waals surface area contributed by atoms with Crippen molar-refractivity contribution in [2.45, 2.75) is 6.92 Å². The fourth-order valence-electron chi connectivity index (χ4n) is 2.61. The van der Waals surface area contributed by atoms with Crippen LogP contribution in [-0.4, -0.2) is 30.2 Å². The summed E-state index contributed by atoms with van der Waals surface area (Å²) in [7, 11) is 3.14. The van der Waals surface area contributed by atoms with E-state index in [1.54, 1.807) is 56.7 Å². The van der Waals surface area contributed by atoms with Gasteiger partial charge in [-0.25, -0.2) is 0 Å². The number of Topliss-reactive ketones (excluding diaryl/α,β-unsaturated/α-hetero) is 1. The number of thioether (sulfide) groups is 1. The lowest BCUT2D eigenvalue weighted by Crippen LogP contribution is -2.27. The molecule has 0 N–H and O–H groups in total. The summed E-state index contributed by atoms with van der Waals surface area (Å²) in [6, 6.07) is 12.2. The number of ether oxygens (including phenoxy) is 2. The molecule has 0 bridgehead atoms. The fraction of sp³-hybridized carbons (Fsp3) is 0.150. The fourth-order valence-corrected chi connectivity index (χ4v) is 3.90. The Labute approximate surface area is 167 Å². The van der Waals surface area contributed by atoms with Crippen molar-refractivity contribution in [1.82, 2.24) is 0 Å². The monoisotopic (exact) mass is 399 g/mol. The molecule has 0 aliphatic carbocycles. The Morgan fingerprint density at radius 2 is 1.81 bits per heavy atom. The summed E-state index contributed by atoms with van der Waals surface area (Å²) in [5, 5.41) is 0. The molecule has 1 amide bonds. The van der Waals surface area contributed by atoms with Gasteiger partial charge < -0.3 is 9.47 Å². The first-order chi connectivity index (χ1) is 12.9. The molecule has 3 rings (SSSR count). The number of amides is 1. The number of hydrogen-bond donors (Lipinski definition) is 0. The molecule has 1 heterocycles. The van der Waals surface area contributed by atoms with Gasteiger partial charge in [0.1, 0.15) is 11.5 Å². The predicted molar refractivity (Wildman–Crippen MR) is 112 cm³/mol. The van der Waals surface area contributed by atoms with Crippen LogP contribution < -0.4 is 14.4 Å². The van der Waals surface area contributed by atoms with E-state index in [1.807, 2.05) is 6.07 Å². The van der Waals surface area contributed by atoms with Crippen LogP contribution in [0, 0.1) is 0 Å². The van der Waals surface area contributed by atoms with E-state index in [1.165, 1.54) is 23.6 Å². The molecular formula is C20H17NO4S2. The van der Waals surface area contributed by atoms with Gasteiger partial charge >= 0.3 is 0 Å². The molecule has 0 radical (unpaired) electrons. The topological polar surface area (TPSA) is 55.8 Å². The number of thiocarbonyl (C=S) groups is 1. The van der Waals surface area contributed by atoms with Gasteiger partial charge in [0.25, 0.3) is 5.91 Å². The number of methoxy groups -OCH3 is 2. The average molecular weight is 399 g/mol. The second-order valence-electron chi connectivity index (χ2n) is 5.73. The number of nitrogens with zero attached hydrogens (tertiary/aromatic N) is 1. The number of carbonyl (C=O) groups excluding carboxylic acids is 2. The lowest BCUT2D eigenvalue weighted by molar-refractivity contribution is -0.113. The first-order valence-electron chi connectivity index (χ1n) is 8.05. The molecule has 5 nitrogen and oxygen atoms in total. The maximum Gasteiger partial charge on any atom is 0.270 e. The number of rotatable bonds is 5. The number of anilines is 1. The Kier molecular flexibility index (Phi) is 5.62. The number of hydrogen-bond acceptors (Lipinski definition) is 6. The lowest BCUT2D eigenvalue weighted by atomic mass is 10.1. The second kappa shape index (κ2) is 7.94. The molecule has 1 aliphatic rings. The van der Waals surface area contributed by atoms with Crippen molar-refractivity contribution in [3.8, 4) is 11.5 Å². The van der Waals surface area contributed by atoms with Crippen molar-refractivity contribution in [2.75, 3.05) is 19.1 Å². The zero-order valence-corrected chi connectivity index (χ0v) is 16.6. The molecule has 7 heteroatoms. The lowest BCUT2D eigenvalue weighted by Gasteiger charge is -2.14. The van der Waals surface area contributed by atoms with Crippen molar-refractivity contribution < 1.29 is 19.1 Å². The van der Waals surface area contributed by atoms with Gasteiger partial charge in [-0.2, -0.15) is 0 Å². The molecule has 2 aromatic carbocycles. The SMILES string of the molecule is COc1ccc(C=C2SC(=S)N(c3ccc(C(C)=O)cc3)C2=O)c(OC)c1. The Morgan fingerprint density at radius 3 is 2.41 bits per heavy atom. The third kappa shape index (κ3) is 3.89. The molecule has 2 aromatic rings. The molecule has 0 aromatic heterocycles. The summed E-state index contributed by atoms with van der Waals surface area (Å²) >= 11 is 6.61. The van der Waals surface area contributed by atoms with Crippen molar-refractivity contribution in [3.63, 3.8) is 0 Å². The summed E-state index contributed by atoms with van der Waals surface area (Å²) in [6.07, 6.45) is 1.75. The van der Waals surface area contributed by atoms with Crippen LogP contribution >= 0.6 is 24.0 Å². The molecule has 0 spiro atoms. The summed E-state index contributed by atoms with van der Waals surface area (Å²) in [5.74, 6) is 1.03. The van der Waals surface area contributed by atoms with Crippen LogP contribution in [0.5, 0.6) is 11.5 Å². The maximum absolute atomic E-state index is 12.9. The van der Waals surface area contributed by atoms with E-state index in [-0.39, 0.29) is 11.7 Å². The van der Waals surface area contributed by atoms with Gasteiger partial charge in [0.15, 0.2) is 10.1 Å². The number of ketones is 1. The van der Waals surface area contributed by atoms with Crippen LogP contribution in [0.2, 0.25) is 0 Å². The minimum Gasteiger partial charge on any atom is -0.497 e. The van der Waals surface area contributed by atoms with E-state index in [0.717, 1.165) is 5.56 Å². The van der Waals surface area contributed by atoms with Crippen LogP contribution in [0.15, 0.2) is 47.4 Å². The predicted octanol–water partition coefficient (Wildman–Crippen LogP) is 4.31. The van der Waals surface area contributed by atoms with Crippen LogP contribution in [0.25, 0.3) is 6.08 Å². The Morgan fingerprint density at radius 1 is 1.11 bits per heavy atom. The van der Waals surface area contributed by atoms with Gasteiger partial charge in [-0.05, 0) is 49.4 Å². The highest BCUT2D eigenvalue weighted by Gasteiger charge is 2.33. The van der Waals surface area contributed by atoms with E-state index in [2.05, 4.69) is 0 Å². The average Bonchev–Trinajstić information content (AvgIpc) is 2.95. The first-order valence-corrected chi connectivity index (χ1v) is 9.28. The van der Waals surface area contributed by atoms with Crippen molar-refractivity contribution >= 4 is 51.8 Å². The van der Waals surface area contributed by atoms with Crippen LogP contribution in [-0.2, 0) is 4.79 Å². The molecule has 138 valence electrons. The van der Waals surface area contributed by atoms with Crippen molar-refractivity contribution in [3.05, 3.63) is 58.5 Å². The molecule has 1 fully saturated rings. The Balaban J connectivity index is 1.92. The van der Waals surface area contributed by atoms with E-state index < -0.39 is 0 Å². The van der Waals surface area contributed by atoms with Crippen molar-refractivity contribution in [1.29, 1.82) is 0 Å². The highest BCUT2D eigenvalue weighted by atomic mass is 32.2. The zero-order chi connectivity index (χ0) is 19.6. The highest BCUT2D eigenvalue weighted by Crippen LogP contribution is 2.37. The molecule has 0 unspecified atom stereocenters. The molecule has 1 saturated heterocycles. The molecule has 0 saturated carbocycles. The van der Waals surface area contributed by atoms with Crippen LogP contribution in [0.3, 0.4) is 0 Å². The third-order valence-corrected chi connectivity index (χ3v) is 5.36. The molecule has 0 atom stereocenters. The van der Waals surface area contributed by atoms with Gasteiger partial charge in [0.05, 0.1) is 24.8 Å². The van der Waals surface area contributed by atoms with Crippen LogP contribution in [0.4, 0.5) is 5.69 Å². The smallest absolute Gasteiger partial charge is 0.270 e. The Bertz CT molecular complexity index is 951. The van der Waals surface area contributed by atoms with Gasteiger partial charge in [-0.15, -0.1) is 0 Å². The molecule has 27 heavy (non-hydrogen) atoms. The van der Waals surface area contributed by atoms with Gasteiger partial charge in [0.2, 0.25) is 0 Å². The van der Waals surface area contributed by atoms with E-state index >= 15 is 0 Å². The van der Waals surface area contributed by atoms with Gasteiger partial charge in [-0.1, -0.05) is 24.0 Å². The van der Waals surface area contributed by atoms with E-state index in [9.17, 15) is 9.59 Å². The van der Waals surface area contributed by atoms with Gasteiger partial charge in [-0.3, -0.25) is 14.5 Å². The summed E-state index contributed by atoms with van der Waals surface area (Å²) in [6.45, 7) is 1.50. The van der Waals surface area contributed by atoms with Gasteiger partial charge in [0, 0.05) is 17.2 Å². The highest BCUT2D eigenvalue weighted by molar-refractivity contribution is 8.27. The van der Waals surface area contributed by atoms with E-state index in [4.69, 9.17) is 21.7 Å². The number of benzene rings is 2. The zero-order valence-electron chi connectivity index (χ0n) is 15.0. The second-order valence-corrected chi connectivity index (χ2v) is 7.40.